The van der Waals surface area contributed by atoms with E-state index < -0.39 is 23.6 Å². The number of ether oxygens (including phenoxy) is 3. The van der Waals surface area contributed by atoms with Crippen molar-refractivity contribution in [1.82, 2.24) is 15.1 Å². The number of carbonyl (C=O) groups excluding carboxylic acids is 3. The molecular formula is C26H38N4O6. The summed E-state index contributed by atoms with van der Waals surface area (Å²) in [5, 5.41) is 2.73. The van der Waals surface area contributed by atoms with E-state index >= 15 is 0 Å². The maximum atomic E-state index is 13.8. The van der Waals surface area contributed by atoms with Crippen molar-refractivity contribution in [3.05, 3.63) is 42.0 Å². The first-order valence-corrected chi connectivity index (χ1v) is 12.5. The fourth-order valence-electron chi connectivity index (χ4n) is 4.82. The van der Waals surface area contributed by atoms with E-state index in [0.29, 0.717) is 44.9 Å². The van der Waals surface area contributed by atoms with E-state index in [1.807, 2.05) is 24.0 Å². The van der Waals surface area contributed by atoms with Crippen molar-refractivity contribution in [3.8, 4) is 5.75 Å². The van der Waals surface area contributed by atoms with Crippen LogP contribution in [0.15, 0.2) is 36.4 Å². The molecule has 2 fully saturated rings. The SMILES string of the molecule is C=C1CN(C(=O)[C@H](CCCC)CNC(=O)OCc2ccc(OC)cc2)[C@@](C(N)=O)(N2CCOCC2)C1. The molecule has 198 valence electrons. The Morgan fingerprint density at radius 3 is 2.53 bits per heavy atom. The van der Waals surface area contributed by atoms with Crippen molar-refractivity contribution >= 4 is 17.9 Å². The summed E-state index contributed by atoms with van der Waals surface area (Å²) in [6.07, 6.45) is 1.94. The summed E-state index contributed by atoms with van der Waals surface area (Å²) in [4.78, 5) is 42.6. The summed E-state index contributed by atoms with van der Waals surface area (Å²) in [5.41, 5.74) is 6.26. The fraction of sp³-hybridized carbons (Fsp3) is 0.577. The van der Waals surface area contributed by atoms with Gasteiger partial charge in [-0.1, -0.05) is 44.1 Å². The number of morpholine rings is 1. The van der Waals surface area contributed by atoms with Gasteiger partial charge in [0.15, 0.2) is 5.66 Å². The number of nitrogens with two attached hydrogens (primary N) is 1. The van der Waals surface area contributed by atoms with Gasteiger partial charge >= 0.3 is 6.09 Å². The second-order valence-corrected chi connectivity index (χ2v) is 9.28. The Hall–Kier alpha value is -3.11. The molecule has 3 N–H and O–H groups in total. The largest absolute Gasteiger partial charge is 0.497 e. The highest BCUT2D eigenvalue weighted by Gasteiger charge is 2.55. The third kappa shape index (κ3) is 6.36. The second-order valence-electron chi connectivity index (χ2n) is 9.28. The van der Waals surface area contributed by atoms with Crippen molar-refractivity contribution < 1.29 is 28.6 Å². The smallest absolute Gasteiger partial charge is 0.407 e. The van der Waals surface area contributed by atoms with Crippen LogP contribution in [0.3, 0.4) is 0 Å². The fourth-order valence-corrected chi connectivity index (χ4v) is 4.82. The van der Waals surface area contributed by atoms with Crippen molar-refractivity contribution in [2.45, 2.75) is 44.9 Å². The van der Waals surface area contributed by atoms with E-state index in [1.54, 1.807) is 24.1 Å². The van der Waals surface area contributed by atoms with Crippen LogP contribution in [0.25, 0.3) is 0 Å². The van der Waals surface area contributed by atoms with Crippen molar-refractivity contribution in [3.63, 3.8) is 0 Å². The summed E-state index contributed by atoms with van der Waals surface area (Å²) in [7, 11) is 1.58. The summed E-state index contributed by atoms with van der Waals surface area (Å²) in [6, 6.07) is 7.21. The van der Waals surface area contributed by atoms with Gasteiger partial charge in [0.25, 0.3) is 5.91 Å². The van der Waals surface area contributed by atoms with Crippen LogP contribution < -0.4 is 15.8 Å². The normalized spacial score (nSPS) is 21.2. The van der Waals surface area contributed by atoms with Crippen LogP contribution in [0.4, 0.5) is 4.79 Å². The standard InChI is InChI=1S/C26H38N4O6/c1-4-5-6-21(16-28-25(33)36-18-20-7-9-22(34-3)10-8-20)23(31)30-17-19(2)15-26(30,24(27)32)29-11-13-35-14-12-29/h7-10,21H,2,4-6,11-18H2,1,3H3,(H2,27,32)(H,28,33)/t21-,26+/m1/s1. The predicted octanol–water partition coefficient (Wildman–Crippen LogP) is 2.03. The predicted molar refractivity (Wildman–Crippen MR) is 134 cm³/mol. The van der Waals surface area contributed by atoms with Gasteiger partial charge in [-0.2, -0.15) is 0 Å². The number of nitrogens with zero attached hydrogens (tertiary/aromatic N) is 2. The van der Waals surface area contributed by atoms with Gasteiger partial charge in [0.05, 0.1) is 26.2 Å². The molecule has 0 spiro atoms. The zero-order chi connectivity index (χ0) is 26.1. The molecule has 10 nitrogen and oxygen atoms in total. The van der Waals surface area contributed by atoms with Crippen LogP contribution in [-0.4, -0.2) is 79.9 Å². The molecule has 0 radical (unpaired) electrons. The number of carbonyl (C=O) groups is 3. The molecule has 2 aliphatic rings. The number of amides is 3. The molecule has 0 bridgehead atoms. The highest BCUT2D eigenvalue weighted by molar-refractivity contribution is 5.92. The topological polar surface area (TPSA) is 123 Å². The lowest BCUT2D eigenvalue weighted by Crippen LogP contribution is -2.68. The molecule has 0 unspecified atom stereocenters. The van der Waals surface area contributed by atoms with E-state index in [-0.39, 0.29) is 25.6 Å². The van der Waals surface area contributed by atoms with Gasteiger partial charge in [0.2, 0.25) is 5.91 Å². The first-order valence-electron chi connectivity index (χ1n) is 12.5. The number of likely N-dealkylation sites (tertiary alicyclic amines) is 1. The number of primary amides is 1. The molecule has 0 aliphatic carbocycles. The molecule has 0 saturated carbocycles. The van der Waals surface area contributed by atoms with Gasteiger partial charge in [0, 0.05) is 32.6 Å². The Morgan fingerprint density at radius 2 is 1.92 bits per heavy atom. The maximum Gasteiger partial charge on any atom is 0.407 e. The van der Waals surface area contributed by atoms with Crippen molar-refractivity contribution in [2.75, 3.05) is 46.5 Å². The number of hydrogen-bond donors (Lipinski definition) is 2. The second kappa shape index (κ2) is 12.7. The van der Waals surface area contributed by atoms with E-state index in [9.17, 15) is 14.4 Å². The van der Waals surface area contributed by atoms with Crippen molar-refractivity contribution in [2.24, 2.45) is 11.7 Å². The summed E-state index contributed by atoms with van der Waals surface area (Å²) in [5.74, 6) is -0.598. The molecule has 3 rings (SSSR count). The Bertz CT molecular complexity index is 931. The van der Waals surface area contributed by atoms with E-state index in [2.05, 4.69) is 11.9 Å². The van der Waals surface area contributed by atoms with Crippen molar-refractivity contribution in [1.29, 1.82) is 0 Å². The van der Waals surface area contributed by atoms with Gasteiger partial charge in [-0.3, -0.25) is 14.5 Å². The number of hydrogen-bond acceptors (Lipinski definition) is 7. The van der Waals surface area contributed by atoms with E-state index in [4.69, 9.17) is 19.9 Å². The molecule has 2 heterocycles. The Balaban J connectivity index is 1.68. The Morgan fingerprint density at radius 1 is 1.22 bits per heavy atom. The zero-order valence-electron chi connectivity index (χ0n) is 21.3. The Labute approximate surface area is 212 Å². The lowest BCUT2D eigenvalue weighted by molar-refractivity contribution is -0.163. The molecular weight excluding hydrogens is 464 g/mol. The average molecular weight is 503 g/mol. The van der Waals surface area contributed by atoms with Gasteiger partial charge < -0.3 is 30.2 Å². The zero-order valence-corrected chi connectivity index (χ0v) is 21.3. The summed E-state index contributed by atoms with van der Waals surface area (Å²) >= 11 is 0. The number of rotatable bonds is 11. The number of methoxy groups -OCH3 is 1. The first kappa shape index (κ1) is 27.5. The molecule has 36 heavy (non-hydrogen) atoms. The summed E-state index contributed by atoms with van der Waals surface area (Å²) in [6.45, 7) is 8.46. The molecule has 0 aromatic heterocycles. The molecule has 2 atom stereocenters. The van der Waals surface area contributed by atoms with Crippen LogP contribution in [0.1, 0.15) is 38.2 Å². The lowest BCUT2D eigenvalue weighted by atomic mass is 9.96. The molecule has 3 amide bonds. The monoisotopic (exact) mass is 502 g/mol. The Kier molecular flexibility index (Phi) is 9.72. The molecule has 10 heteroatoms. The third-order valence-electron chi connectivity index (χ3n) is 6.80. The molecule has 1 aromatic carbocycles. The van der Waals surface area contributed by atoms with Gasteiger partial charge in [0.1, 0.15) is 12.4 Å². The molecule has 2 aliphatic heterocycles. The average Bonchev–Trinajstić information content (AvgIpc) is 3.26. The third-order valence-corrected chi connectivity index (χ3v) is 6.80. The van der Waals surface area contributed by atoms with Crippen LogP contribution in [0.2, 0.25) is 0 Å². The van der Waals surface area contributed by atoms with Crippen LogP contribution in [0, 0.1) is 5.92 Å². The maximum absolute atomic E-state index is 13.8. The highest BCUT2D eigenvalue weighted by atomic mass is 16.5. The molecule has 1 aromatic rings. The number of alkyl carbamates (subject to hydrolysis) is 1. The van der Waals surface area contributed by atoms with Gasteiger partial charge in [-0.15, -0.1) is 0 Å². The number of nitrogens with one attached hydrogen (secondary N) is 1. The first-order chi connectivity index (χ1) is 17.3. The van der Waals surface area contributed by atoms with Gasteiger partial charge in [-0.05, 0) is 24.1 Å². The van der Waals surface area contributed by atoms with Crippen LogP contribution in [-0.2, 0) is 25.7 Å². The number of benzene rings is 1. The minimum Gasteiger partial charge on any atom is -0.497 e. The summed E-state index contributed by atoms with van der Waals surface area (Å²) < 4.78 is 15.9. The van der Waals surface area contributed by atoms with Crippen LogP contribution in [0.5, 0.6) is 5.75 Å². The van der Waals surface area contributed by atoms with Gasteiger partial charge in [-0.25, -0.2) is 4.79 Å². The minimum absolute atomic E-state index is 0.0944. The highest BCUT2D eigenvalue weighted by Crippen LogP contribution is 2.37. The van der Waals surface area contributed by atoms with Crippen LogP contribution >= 0.6 is 0 Å². The van der Waals surface area contributed by atoms with E-state index in [1.165, 1.54) is 0 Å². The number of unbranched alkanes of at least 4 members (excludes halogenated alkanes) is 1. The quantitative estimate of drug-likeness (QED) is 0.444. The lowest BCUT2D eigenvalue weighted by Gasteiger charge is -2.46. The van der Waals surface area contributed by atoms with E-state index in [0.717, 1.165) is 24.0 Å². The molecule has 2 saturated heterocycles. The minimum atomic E-state index is -1.27.